The average Bonchev–Trinajstić information content (AvgIpc) is 2.53. The molecular weight excluding hydrogens is 264 g/mol. The zero-order chi connectivity index (χ0) is 14.7. The van der Waals surface area contributed by atoms with E-state index in [0.717, 1.165) is 11.3 Å². The Morgan fingerprint density at radius 3 is 2.62 bits per heavy atom. The maximum absolute atomic E-state index is 12.0. The van der Waals surface area contributed by atoms with Crippen molar-refractivity contribution in [1.82, 2.24) is 0 Å². The van der Waals surface area contributed by atoms with Crippen molar-refractivity contribution in [3.63, 3.8) is 0 Å². The molecule has 3 rings (SSSR count). The van der Waals surface area contributed by atoms with Gasteiger partial charge in [-0.15, -0.1) is 0 Å². The highest BCUT2D eigenvalue weighted by atomic mass is 16.5. The minimum Gasteiger partial charge on any atom is -0.496 e. The number of fused-ring (bicyclic) bond motifs is 1. The maximum Gasteiger partial charge on any atom is 0.193 e. The van der Waals surface area contributed by atoms with Crippen LogP contribution in [0.1, 0.15) is 11.3 Å². The lowest BCUT2D eigenvalue weighted by molar-refractivity contribution is 0.414. The zero-order valence-corrected chi connectivity index (χ0v) is 11.6. The largest absolute Gasteiger partial charge is 0.496 e. The normalized spacial score (nSPS) is 11.1. The van der Waals surface area contributed by atoms with Gasteiger partial charge in [0.2, 0.25) is 0 Å². The van der Waals surface area contributed by atoms with Crippen molar-refractivity contribution in [2.45, 2.75) is 0 Å². The van der Waals surface area contributed by atoms with Gasteiger partial charge in [0.05, 0.1) is 12.5 Å². The second-order valence-corrected chi connectivity index (χ2v) is 4.58. The fraction of sp³-hybridized carbons (Fsp3) is 0.0556. The standard InChI is InChI=1S/C18H14O3/c1-20-17-8-4-2-6-13(17)10-11-14-12-16(19)15-7-3-5-9-18(15)21-14/h2-12H,1H3/b11-10+. The molecule has 0 unspecified atom stereocenters. The molecule has 3 nitrogen and oxygen atoms in total. The van der Waals surface area contributed by atoms with E-state index in [0.29, 0.717) is 16.7 Å². The molecule has 3 heteroatoms. The summed E-state index contributed by atoms with van der Waals surface area (Å²) in [4.78, 5) is 12.0. The monoisotopic (exact) mass is 278 g/mol. The van der Waals surface area contributed by atoms with E-state index < -0.39 is 0 Å². The van der Waals surface area contributed by atoms with Gasteiger partial charge in [0.15, 0.2) is 5.43 Å². The highest BCUT2D eigenvalue weighted by molar-refractivity contribution is 5.78. The lowest BCUT2D eigenvalue weighted by atomic mass is 10.1. The number of ether oxygens (including phenoxy) is 1. The van der Waals surface area contributed by atoms with Crippen molar-refractivity contribution >= 4 is 23.1 Å². The molecule has 0 saturated heterocycles. The number of hydrogen-bond acceptors (Lipinski definition) is 3. The number of para-hydroxylation sites is 2. The van der Waals surface area contributed by atoms with Crippen molar-refractivity contribution in [2.24, 2.45) is 0 Å². The molecule has 0 fully saturated rings. The number of benzene rings is 2. The average molecular weight is 278 g/mol. The van der Waals surface area contributed by atoms with Gasteiger partial charge >= 0.3 is 0 Å². The minimum atomic E-state index is -0.0449. The highest BCUT2D eigenvalue weighted by Gasteiger charge is 2.02. The minimum absolute atomic E-state index is 0.0449. The van der Waals surface area contributed by atoms with Crippen LogP contribution in [0.25, 0.3) is 23.1 Å². The summed E-state index contributed by atoms with van der Waals surface area (Å²) in [6, 6.07) is 16.4. The van der Waals surface area contributed by atoms with Crippen molar-refractivity contribution in [3.05, 3.63) is 76.1 Å². The number of methoxy groups -OCH3 is 1. The number of hydrogen-bond donors (Lipinski definition) is 0. The molecule has 1 heterocycles. The molecule has 0 radical (unpaired) electrons. The van der Waals surface area contributed by atoms with Gasteiger partial charge in [0.1, 0.15) is 17.1 Å². The first-order chi connectivity index (χ1) is 10.3. The van der Waals surface area contributed by atoms with Gasteiger partial charge in [-0.05, 0) is 30.4 Å². The van der Waals surface area contributed by atoms with E-state index in [-0.39, 0.29) is 5.43 Å². The van der Waals surface area contributed by atoms with Crippen LogP contribution in [0.2, 0.25) is 0 Å². The zero-order valence-electron chi connectivity index (χ0n) is 11.6. The molecule has 0 N–H and O–H groups in total. The van der Waals surface area contributed by atoms with E-state index in [1.54, 1.807) is 25.3 Å². The summed E-state index contributed by atoms with van der Waals surface area (Å²) in [5, 5.41) is 0.590. The molecule has 0 aliphatic carbocycles. The molecule has 0 bridgehead atoms. The summed E-state index contributed by atoms with van der Waals surface area (Å²) in [5.74, 6) is 1.29. The Labute approximate surface area is 122 Å². The fourth-order valence-electron chi connectivity index (χ4n) is 2.18. The Bertz CT molecular complexity index is 859. The van der Waals surface area contributed by atoms with Crippen LogP contribution in [0.15, 0.2) is 63.8 Å². The van der Waals surface area contributed by atoms with Gasteiger partial charge in [-0.3, -0.25) is 4.79 Å². The van der Waals surface area contributed by atoms with Crippen LogP contribution < -0.4 is 10.2 Å². The lowest BCUT2D eigenvalue weighted by Crippen LogP contribution is -1.99. The van der Waals surface area contributed by atoms with Crippen LogP contribution in [-0.4, -0.2) is 7.11 Å². The fourth-order valence-corrected chi connectivity index (χ4v) is 2.18. The first-order valence-electron chi connectivity index (χ1n) is 6.62. The quantitative estimate of drug-likeness (QED) is 0.727. The molecule has 0 amide bonds. The maximum atomic E-state index is 12.0. The van der Waals surface area contributed by atoms with Crippen LogP contribution in [0.5, 0.6) is 5.75 Å². The van der Waals surface area contributed by atoms with Crippen LogP contribution >= 0.6 is 0 Å². The Kier molecular flexibility index (Phi) is 3.56. The first-order valence-corrected chi connectivity index (χ1v) is 6.62. The van der Waals surface area contributed by atoms with Crippen molar-refractivity contribution in [2.75, 3.05) is 7.11 Å². The Balaban J connectivity index is 2.02. The van der Waals surface area contributed by atoms with E-state index in [9.17, 15) is 4.79 Å². The second-order valence-electron chi connectivity index (χ2n) is 4.58. The SMILES string of the molecule is COc1ccccc1/C=C/c1cc(=O)c2ccccc2o1. The molecule has 0 aliphatic heterocycles. The molecular formula is C18H14O3. The van der Waals surface area contributed by atoms with Gasteiger partial charge in [0, 0.05) is 11.6 Å². The molecule has 0 atom stereocenters. The highest BCUT2D eigenvalue weighted by Crippen LogP contribution is 2.20. The third-order valence-corrected chi connectivity index (χ3v) is 3.22. The summed E-state index contributed by atoms with van der Waals surface area (Å²) < 4.78 is 11.0. The summed E-state index contributed by atoms with van der Waals surface area (Å²) in [7, 11) is 1.63. The van der Waals surface area contributed by atoms with Gasteiger partial charge < -0.3 is 9.15 Å². The van der Waals surface area contributed by atoms with Gasteiger partial charge in [-0.25, -0.2) is 0 Å². The number of rotatable bonds is 3. The van der Waals surface area contributed by atoms with Crippen LogP contribution in [-0.2, 0) is 0 Å². The molecule has 3 aromatic rings. The van der Waals surface area contributed by atoms with Crippen LogP contribution in [0, 0.1) is 0 Å². The Morgan fingerprint density at radius 2 is 1.76 bits per heavy atom. The van der Waals surface area contributed by atoms with Gasteiger partial charge in [-0.1, -0.05) is 30.3 Å². The van der Waals surface area contributed by atoms with Crippen molar-refractivity contribution in [3.8, 4) is 5.75 Å². The van der Waals surface area contributed by atoms with Crippen LogP contribution in [0.4, 0.5) is 0 Å². The first kappa shape index (κ1) is 13.2. The molecule has 0 aliphatic rings. The van der Waals surface area contributed by atoms with Crippen LogP contribution in [0.3, 0.4) is 0 Å². The smallest absolute Gasteiger partial charge is 0.193 e. The van der Waals surface area contributed by atoms with Crippen molar-refractivity contribution in [1.29, 1.82) is 0 Å². The van der Waals surface area contributed by atoms with E-state index >= 15 is 0 Å². The molecule has 0 saturated carbocycles. The van der Waals surface area contributed by atoms with Gasteiger partial charge in [-0.2, -0.15) is 0 Å². The Hall–Kier alpha value is -2.81. The van der Waals surface area contributed by atoms with E-state index in [1.807, 2.05) is 42.5 Å². The summed E-state index contributed by atoms with van der Waals surface area (Å²) in [5.41, 5.74) is 1.47. The van der Waals surface area contributed by atoms with Crippen molar-refractivity contribution < 1.29 is 9.15 Å². The molecule has 0 spiro atoms. The molecule has 21 heavy (non-hydrogen) atoms. The van der Waals surface area contributed by atoms with E-state index in [2.05, 4.69) is 0 Å². The predicted molar refractivity (Wildman–Crippen MR) is 84.4 cm³/mol. The third-order valence-electron chi connectivity index (χ3n) is 3.22. The van der Waals surface area contributed by atoms with E-state index in [1.165, 1.54) is 6.07 Å². The topological polar surface area (TPSA) is 39.4 Å². The second kappa shape index (κ2) is 5.67. The predicted octanol–water partition coefficient (Wildman–Crippen LogP) is 3.97. The summed E-state index contributed by atoms with van der Waals surface area (Å²) >= 11 is 0. The third kappa shape index (κ3) is 2.72. The van der Waals surface area contributed by atoms with E-state index in [4.69, 9.17) is 9.15 Å². The molecule has 104 valence electrons. The molecule has 2 aromatic carbocycles. The van der Waals surface area contributed by atoms with Gasteiger partial charge in [0.25, 0.3) is 0 Å². The lowest BCUT2D eigenvalue weighted by Gasteiger charge is -2.03. The Morgan fingerprint density at radius 1 is 1.00 bits per heavy atom. The molecule has 1 aromatic heterocycles. The summed E-state index contributed by atoms with van der Waals surface area (Å²) in [6.45, 7) is 0. The summed E-state index contributed by atoms with van der Waals surface area (Å²) in [6.07, 6.45) is 3.64.